The van der Waals surface area contributed by atoms with Crippen LogP contribution in [0.5, 0.6) is 0 Å². The molecule has 1 aromatic heterocycles. The molecule has 4 heteroatoms. The summed E-state index contributed by atoms with van der Waals surface area (Å²) in [4.78, 5) is 2.46. The summed E-state index contributed by atoms with van der Waals surface area (Å²) in [5.41, 5.74) is 1.58. The summed E-state index contributed by atoms with van der Waals surface area (Å²) < 4.78 is 2.04. The van der Waals surface area contributed by atoms with Crippen LogP contribution in [0.15, 0.2) is 12.4 Å². The van der Waals surface area contributed by atoms with Gasteiger partial charge in [0.1, 0.15) is 0 Å². The fraction of sp³-hybridized carbons (Fsp3) is 0.824. The third kappa shape index (κ3) is 3.49. The lowest BCUT2D eigenvalue weighted by molar-refractivity contribution is 0.0564. The van der Waals surface area contributed by atoms with Gasteiger partial charge in [0.15, 0.2) is 0 Å². The Kier molecular flexibility index (Phi) is 5.82. The summed E-state index contributed by atoms with van der Waals surface area (Å²) in [5, 5.41) is 8.33. The Morgan fingerprint density at radius 2 is 2.00 bits per heavy atom. The molecule has 1 fully saturated rings. The zero-order valence-corrected chi connectivity index (χ0v) is 14.2. The first-order valence-corrected chi connectivity index (χ1v) is 8.57. The van der Waals surface area contributed by atoms with Crippen LogP contribution in [0.4, 0.5) is 0 Å². The topological polar surface area (TPSA) is 33.1 Å². The lowest BCUT2D eigenvalue weighted by Crippen LogP contribution is -2.55. The zero-order valence-electron chi connectivity index (χ0n) is 14.2. The van der Waals surface area contributed by atoms with Gasteiger partial charge in [0, 0.05) is 23.8 Å². The minimum absolute atomic E-state index is 0.231. The molecule has 2 rings (SSSR count). The van der Waals surface area contributed by atoms with Crippen molar-refractivity contribution in [1.29, 1.82) is 0 Å². The van der Waals surface area contributed by atoms with Crippen molar-refractivity contribution >= 4 is 0 Å². The van der Waals surface area contributed by atoms with E-state index in [0.29, 0.717) is 6.04 Å². The van der Waals surface area contributed by atoms with Crippen LogP contribution >= 0.6 is 0 Å². The van der Waals surface area contributed by atoms with E-state index in [1.807, 2.05) is 4.68 Å². The summed E-state index contributed by atoms with van der Waals surface area (Å²) >= 11 is 0. The van der Waals surface area contributed by atoms with Crippen LogP contribution in [0.25, 0.3) is 0 Å². The van der Waals surface area contributed by atoms with Gasteiger partial charge in [-0.15, -0.1) is 0 Å². The van der Waals surface area contributed by atoms with Gasteiger partial charge in [-0.2, -0.15) is 5.10 Å². The molecule has 1 N–H and O–H groups in total. The van der Waals surface area contributed by atoms with Gasteiger partial charge in [-0.1, -0.05) is 26.2 Å². The molecule has 1 saturated carbocycles. The predicted octanol–water partition coefficient (Wildman–Crippen LogP) is 3.21. The van der Waals surface area contributed by atoms with Gasteiger partial charge in [-0.25, -0.2) is 0 Å². The monoisotopic (exact) mass is 292 g/mol. The van der Waals surface area contributed by atoms with Crippen LogP contribution in [-0.4, -0.2) is 40.9 Å². The zero-order chi connectivity index (χ0) is 15.3. The standard InChI is InChI=1S/C17H32N4/c1-5-12-18-16(15-13-19-21(6-2)14-15)17(20(3)4)10-8-7-9-11-17/h13-14,16,18H,5-12H2,1-4H3. The lowest BCUT2D eigenvalue weighted by atomic mass is 9.73. The second-order valence-corrected chi connectivity index (χ2v) is 6.58. The van der Waals surface area contributed by atoms with E-state index in [4.69, 9.17) is 0 Å². The van der Waals surface area contributed by atoms with Gasteiger partial charge in [-0.3, -0.25) is 4.68 Å². The highest BCUT2D eigenvalue weighted by Crippen LogP contribution is 2.41. The Morgan fingerprint density at radius 3 is 2.52 bits per heavy atom. The highest BCUT2D eigenvalue weighted by atomic mass is 15.3. The minimum atomic E-state index is 0.231. The molecule has 1 atom stereocenters. The van der Waals surface area contributed by atoms with Crippen LogP contribution in [0, 0.1) is 0 Å². The van der Waals surface area contributed by atoms with Crippen LogP contribution in [-0.2, 0) is 6.54 Å². The molecule has 1 aliphatic rings. The number of hydrogen-bond donors (Lipinski definition) is 1. The van der Waals surface area contributed by atoms with Gasteiger partial charge < -0.3 is 10.2 Å². The highest BCUT2D eigenvalue weighted by molar-refractivity contribution is 5.19. The van der Waals surface area contributed by atoms with Crippen LogP contribution < -0.4 is 5.32 Å². The number of nitrogens with zero attached hydrogens (tertiary/aromatic N) is 3. The second kappa shape index (κ2) is 7.41. The molecule has 1 unspecified atom stereocenters. The van der Waals surface area contributed by atoms with Crippen molar-refractivity contribution in [2.24, 2.45) is 0 Å². The van der Waals surface area contributed by atoms with Gasteiger partial charge >= 0.3 is 0 Å². The third-order valence-electron chi connectivity index (χ3n) is 5.06. The van der Waals surface area contributed by atoms with E-state index in [1.165, 1.54) is 44.1 Å². The van der Waals surface area contributed by atoms with Crippen molar-refractivity contribution in [1.82, 2.24) is 20.0 Å². The number of aromatic nitrogens is 2. The summed E-state index contributed by atoms with van der Waals surface area (Å²) in [6.45, 7) is 6.39. The van der Waals surface area contributed by atoms with Crippen molar-refractivity contribution in [2.45, 2.75) is 70.5 Å². The summed E-state index contributed by atoms with van der Waals surface area (Å²) in [7, 11) is 4.49. The number of likely N-dealkylation sites (N-methyl/N-ethyl adjacent to an activating group) is 1. The molecule has 0 saturated heterocycles. The van der Waals surface area contributed by atoms with Crippen LogP contribution in [0.1, 0.15) is 64.0 Å². The third-order valence-corrected chi connectivity index (χ3v) is 5.06. The molecule has 0 amide bonds. The quantitative estimate of drug-likeness (QED) is 0.838. The predicted molar refractivity (Wildman–Crippen MR) is 88.4 cm³/mol. The SMILES string of the molecule is CCCNC(c1cnn(CC)c1)C1(N(C)C)CCCCC1. The average Bonchev–Trinajstić information content (AvgIpc) is 2.97. The van der Waals surface area contributed by atoms with E-state index in [-0.39, 0.29) is 5.54 Å². The minimum Gasteiger partial charge on any atom is -0.308 e. The summed E-state index contributed by atoms with van der Waals surface area (Å²) in [5.74, 6) is 0. The van der Waals surface area contributed by atoms with Crippen molar-refractivity contribution in [3.8, 4) is 0 Å². The maximum Gasteiger partial charge on any atom is 0.0538 e. The largest absolute Gasteiger partial charge is 0.308 e. The molecule has 0 bridgehead atoms. The van der Waals surface area contributed by atoms with E-state index in [1.54, 1.807) is 0 Å². The highest BCUT2D eigenvalue weighted by Gasteiger charge is 2.42. The molecule has 0 radical (unpaired) electrons. The van der Waals surface area contributed by atoms with E-state index in [2.05, 4.69) is 55.7 Å². The molecule has 0 aromatic carbocycles. The number of rotatable bonds is 7. The molecule has 120 valence electrons. The molecular formula is C17H32N4. The summed E-state index contributed by atoms with van der Waals surface area (Å²) in [6.07, 6.45) is 12.1. The van der Waals surface area contributed by atoms with Gasteiger partial charge in [0.25, 0.3) is 0 Å². The molecule has 4 nitrogen and oxygen atoms in total. The first kappa shape index (κ1) is 16.5. The summed E-state index contributed by atoms with van der Waals surface area (Å²) in [6, 6.07) is 0.382. The lowest BCUT2D eigenvalue weighted by Gasteiger charge is -2.48. The Hall–Kier alpha value is -0.870. The number of nitrogens with one attached hydrogen (secondary N) is 1. The normalized spacial score (nSPS) is 19.9. The molecule has 21 heavy (non-hydrogen) atoms. The van der Waals surface area contributed by atoms with E-state index in [0.717, 1.165) is 13.1 Å². The Morgan fingerprint density at radius 1 is 1.29 bits per heavy atom. The number of aryl methyl sites for hydroxylation is 1. The Labute approximate surface area is 129 Å². The first-order valence-electron chi connectivity index (χ1n) is 8.57. The molecule has 0 spiro atoms. The molecule has 1 aliphatic carbocycles. The molecular weight excluding hydrogens is 260 g/mol. The van der Waals surface area contributed by atoms with E-state index < -0.39 is 0 Å². The van der Waals surface area contributed by atoms with E-state index >= 15 is 0 Å². The van der Waals surface area contributed by atoms with Crippen LogP contribution in [0.2, 0.25) is 0 Å². The van der Waals surface area contributed by atoms with Crippen molar-refractivity contribution < 1.29 is 0 Å². The second-order valence-electron chi connectivity index (χ2n) is 6.58. The maximum absolute atomic E-state index is 4.51. The molecule has 1 aromatic rings. The van der Waals surface area contributed by atoms with Crippen molar-refractivity contribution in [2.75, 3.05) is 20.6 Å². The Balaban J connectivity index is 2.31. The van der Waals surface area contributed by atoms with E-state index in [9.17, 15) is 0 Å². The first-order chi connectivity index (χ1) is 10.1. The smallest absolute Gasteiger partial charge is 0.0538 e. The van der Waals surface area contributed by atoms with Gasteiger partial charge in [0.2, 0.25) is 0 Å². The van der Waals surface area contributed by atoms with Crippen LogP contribution in [0.3, 0.4) is 0 Å². The van der Waals surface area contributed by atoms with Gasteiger partial charge in [0.05, 0.1) is 12.2 Å². The molecule has 1 heterocycles. The Bertz CT molecular complexity index is 418. The van der Waals surface area contributed by atoms with Crippen molar-refractivity contribution in [3.05, 3.63) is 18.0 Å². The van der Waals surface area contributed by atoms with Gasteiger partial charge in [-0.05, 0) is 46.8 Å². The average molecular weight is 292 g/mol. The fourth-order valence-electron chi connectivity index (χ4n) is 3.77. The fourth-order valence-corrected chi connectivity index (χ4v) is 3.77. The van der Waals surface area contributed by atoms with Crippen molar-refractivity contribution in [3.63, 3.8) is 0 Å². The molecule has 0 aliphatic heterocycles. The number of hydrogen-bond acceptors (Lipinski definition) is 3. The maximum atomic E-state index is 4.51.